The SMILES string of the molecule is O=C1O[C@@H]([C@@H]2CCCCC2=O)C(Br)=C1Oc1ccccc1. The first-order chi connectivity index (χ1) is 10.2. The topological polar surface area (TPSA) is 52.6 Å². The van der Waals surface area contributed by atoms with E-state index < -0.39 is 12.1 Å². The molecule has 110 valence electrons. The minimum Gasteiger partial charge on any atom is -0.450 e. The number of para-hydroxylation sites is 1. The lowest BCUT2D eigenvalue weighted by atomic mass is 9.84. The van der Waals surface area contributed by atoms with Gasteiger partial charge in [0, 0.05) is 6.42 Å². The monoisotopic (exact) mass is 350 g/mol. The summed E-state index contributed by atoms with van der Waals surface area (Å²) in [6.45, 7) is 0. The third-order valence-electron chi connectivity index (χ3n) is 3.82. The van der Waals surface area contributed by atoms with Crippen molar-refractivity contribution in [2.24, 2.45) is 5.92 Å². The van der Waals surface area contributed by atoms with E-state index in [9.17, 15) is 9.59 Å². The highest BCUT2D eigenvalue weighted by molar-refractivity contribution is 9.11. The fourth-order valence-electron chi connectivity index (χ4n) is 2.73. The van der Waals surface area contributed by atoms with Crippen molar-refractivity contribution in [3.63, 3.8) is 0 Å². The molecule has 1 saturated carbocycles. The van der Waals surface area contributed by atoms with Crippen LogP contribution in [0.5, 0.6) is 5.75 Å². The molecule has 3 rings (SSSR count). The van der Waals surface area contributed by atoms with Crippen molar-refractivity contribution in [2.45, 2.75) is 31.8 Å². The highest BCUT2D eigenvalue weighted by Crippen LogP contribution is 2.38. The molecule has 1 aromatic carbocycles. The van der Waals surface area contributed by atoms with Crippen molar-refractivity contribution in [1.82, 2.24) is 0 Å². The highest BCUT2D eigenvalue weighted by Gasteiger charge is 2.43. The second kappa shape index (κ2) is 6.02. The number of rotatable bonds is 3. The Labute approximate surface area is 131 Å². The van der Waals surface area contributed by atoms with Crippen molar-refractivity contribution >= 4 is 27.7 Å². The van der Waals surface area contributed by atoms with Crippen LogP contribution in [0, 0.1) is 5.92 Å². The van der Waals surface area contributed by atoms with Gasteiger partial charge in [-0.05, 0) is 40.9 Å². The fraction of sp³-hybridized carbons (Fsp3) is 0.375. The number of cyclic esters (lactones) is 1. The molecule has 1 heterocycles. The number of ether oxygens (including phenoxy) is 2. The van der Waals surface area contributed by atoms with E-state index in [1.165, 1.54) is 0 Å². The summed E-state index contributed by atoms with van der Waals surface area (Å²) in [5, 5.41) is 0. The van der Waals surface area contributed by atoms with Gasteiger partial charge in [-0.25, -0.2) is 4.79 Å². The Hall–Kier alpha value is -1.62. The number of carbonyl (C=O) groups is 2. The van der Waals surface area contributed by atoms with Crippen LogP contribution >= 0.6 is 15.9 Å². The van der Waals surface area contributed by atoms with Crippen LogP contribution in [-0.2, 0) is 14.3 Å². The summed E-state index contributed by atoms with van der Waals surface area (Å²) in [7, 11) is 0. The molecular weight excluding hydrogens is 336 g/mol. The highest BCUT2D eigenvalue weighted by atomic mass is 79.9. The van der Waals surface area contributed by atoms with E-state index in [-0.39, 0.29) is 17.5 Å². The number of hydrogen-bond donors (Lipinski definition) is 0. The maximum absolute atomic E-state index is 12.0. The summed E-state index contributed by atoms with van der Waals surface area (Å²) in [4.78, 5) is 24.0. The Morgan fingerprint density at radius 3 is 2.62 bits per heavy atom. The molecule has 1 fully saturated rings. The Kier molecular flexibility index (Phi) is 4.10. The largest absolute Gasteiger partial charge is 0.450 e. The smallest absolute Gasteiger partial charge is 0.375 e. The standard InChI is InChI=1S/C16H15BrO4/c17-13-14(11-8-4-5-9-12(11)18)21-16(19)15(13)20-10-6-2-1-3-7-10/h1-3,6-7,11,14H,4-5,8-9H2/t11-,14+/m1/s1. The average molecular weight is 351 g/mol. The number of hydrogen-bond acceptors (Lipinski definition) is 4. The van der Waals surface area contributed by atoms with Gasteiger partial charge < -0.3 is 9.47 Å². The fourth-order valence-corrected chi connectivity index (χ4v) is 3.39. The molecule has 0 bridgehead atoms. The zero-order valence-electron chi connectivity index (χ0n) is 11.4. The minimum absolute atomic E-state index is 0.143. The molecule has 5 heteroatoms. The van der Waals surface area contributed by atoms with Crippen molar-refractivity contribution in [1.29, 1.82) is 0 Å². The Morgan fingerprint density at radius 2 is 1.90 bits per heavy atom. The first-order valence-corrected chi connectivity index (χ1v) is 7.82. The number of Topliss-reactive ketones (excluding diaryl/α,β-unsaturated/α-hetero) is 1. The van der Waals surface area contributed by atoms with Crippen LogP contribution < -0.4 is 4.74 Å². The molecule has 1 aliphatic carbocycles. The third-order valence-corrected chi connectivity index (χ3v) is 4.63. The molecule has 2 aliphatic rings. The van der Waals surface area contributed by atoms with Gasteiger partial charge in [0.2, 0.25) is 5.76 Å². The van der Waals surface area contributed by atoms with Crippen molar-refractivity contribution < 1.29 is 19.1 Å². The zero-order chi connectivity index (χ0) is 14.8. The van der Waals surface area contributed by atoms with Crippen molar-refractivity contribution in [3.05, 3.63) is 40.6 Å². The second-order valence-corrected chi connectivity index (χ2v) is 6.09. The lowest BCUT2D eigenvalue weighted by Crippen LogP contribution is -2.31. The number of carbonyl (C=O) groups excluding carboxylic acids is 2. The van der Waals surface area contributed by atoms with Gasteiger partial charge in [0.25, 0.3) is 0 Å². The summed E-state index contributed by atoms with van der Waals surface area (Å²) in [5.74, 6) is 0.0987. The molecule has 0 spiro atoms. The van der Waals surface area contributed by atoms with E-state index in [2.05, 4.69) is 15.9 Å². The molecule has 0 N–H and O–H groups in total. The molecule has 0 unspecified atom stereocenters. The lowest BCUT2D eigenvalue weighted by Gasteiger charge is -2.25. The van der Waals surface area contributed by atoms with Gasteiger partial charge in [-0.15, -0.1) is 0 Å². The van der Waals surface area contributed by atoms with E-state index in [0.29, 0.717) is 16.7 Å². The molecule has 0 saturated heterocycles. The van der Waals surface area contributed by atoms with Gasteiger partial charge in [0.1, 0.15) is 17.6 Å². The third kappa shape index (κ3) is 2.88. The average Bonchev–Trinajstić information content (AvgIpc) is 2.77. The van der Waals surface area contributed by atoms with E-state index in [4.69, 9.17) is 9.47 Å². The van der Waals surface area contributed by atoms with Crippen LogP contribution in [0.4, 0.5) is 0 Å². The second-order valence-electron chi connectivity index (χ2n) is 5.24. The van der Waals surface area contributed by atoms with Gasteiger partial charge in [-0.3, -0.25) is 4.79 Å². The molecule has 0 aromatic heterocycles. The van der Waals surface area contributed by atoms with Crippen LogP contribution in [-0.4, -0.2) is 17.9 Å². The van der Waals surface area contributed by atoms with Crippen LogP contribution in [0.15, 0.2) is 40.6 Å². The van der Waals surface area contributed by atoms with Crippen LogP contribution in [0.3, 0.4) is 0 Å². The predicted molar refractivity (Wildman–Crippen MR) is 79.9 cm³/mol. The first kappa shape index (κ1) is 14.3. The summed E-state index contributed by atoms with van der Waals surface area (Å²) < 4.78 is 11.5. The zero-order valence-corrected chi connectivity index (χ0v) is 13.0. The van der Waals surface area contributed by atoms with Gasteiger partial charge >= 0.3 is 5.97 Å². The van der Waals surface area contributed by atoms with Crippen LogP contribution in [0.25, 0.3) is 0 Å². The van der Waals surface area contributed by atoms with E-state index in [1.807, 2.05) is 18.2 Å². The maximum atomic E-state index is 12.0. The maximum Gasteiger partial charge on any atom is 0.375 e. The number of esters is 1. The molecule has 4 nitrogen and oxygen atoms in total. The molecule has 21 heavy (non-hydrogen) atoms. The Bertz CT molecular complexity index is 594. The van der Waals surface area contributed by atoms with E-state index >= 15 is 0 Å². The Balaban J connectivity index is 1.82. The summed E-state index contributed by atoms with van der Waals surface area (Å²) >= 11 is 3.39. The van der Waals surface area contributed by atoms with Crippen LogP contribution in [0.2, 0.25) is 0 Å². The quantitative estimate of drug-likeness (QED) is 0.784. The molecule has 1 aliphatic heterocycles. The summed E-state index contributed by atoms with van der Waals surface area (Å²) in [6.07, 6.45) is 2.69. The number of halogens is 1. The predicted octanol–water partition coefficient (Wildman–Crippen LogP) is 3.36. The minimum atomic E-state index is -0.538. The van der Waals surface area contributed by atoms with Crippen LogP contribution in [0.1, 0.15) is 25.7 Å². The normalized spacial score (nSPS) is 26.0. The summed E-state index contributed by atoms with van der Waals surface area (Å²) in [5.41, 5.74) is 0. The first-order valence-electron chi connectivity index (χ1n) is 7.03. The van der Waals surface area contributed by atoms with Gasteiger partial charge in [-0.2, -0.15) is 0 Å². The van der Waals surface area contributed by atoms with Gasteiger partial charge in [0.15, 0.2) is 0 Å². The molecule has 2 atom stereocenters. The van der Waals surface area contributed by atoms with E-state index in [0.717, 1.165) is 19.3 Å². The van der Waals surface area contributed by atoms with E-state index in [1.54, 1.807) is 12.1 Å². The van der Waals surface area contributed by atoms with Crippen molar-refractivity contribution in [3.8, 4) is 5.75 Å². The number of ketones is 1. The van der Waals surface area contributed by atoms with Gasteiger partial charge in [0.05, 0.1) is 10.4 Å². The molecular formula is C16H15BrO4. The van der Waals surface area contributed by atoms with Crippen molar-refractivity contribution in [2.75, 3.05) is 0 Å². The number of benzene rings is 1. The molecule has 0 radical (unpaired) electrons. The Morgan fingerprint density at radius 1 is 1.14 bits per heavy atom. The molecule has 1 aromatic rings. The summed E-state index contributed by atoms with van der Waals surface area (Å²) in [6, 6.07) is 9.05. The molecule has 0 amide bonds. The lowest BCUT2D eigenvalue weighted by molar-refractivity contribution is -0.146. The van der Waals surface area contributed by atoms with Gasteiger partial charge in [-0.1, -0.05) is 24.6 Å².